The number of anilines is 2. The van der Waals surface area contributed by atoms with E-state index in [1.165, 1.54) is 11.3 Å². The Morgan fingerprint density at radius 3 is 2.48 bits per heavy atom. The van der Waals surface area contributed by atoms with E-state index in [1.54, 1.807) is 0 Å². The molecule has 0 unspecified atom stereocenters. The van der Waals surface area contributed by atoms with Gasteiger partial charge in [0, 0.05) is 31.1 Å². The number of nitrogens with two attached hydrogens (primary N) is 1. The van der Waals surface area contributed by atoms with E-state index in [4.69, 9.17) is 5.73 Å². The summed E-state index contributed by atoms with van der Waals surface area (Å²) in [5.74, 6) is 1.37. The highest BCUT2D eigenvalue weighted by Crippen LogP contribution is 2.23. The van der Waals surface area contributed by atoms with Crippen molar-refractivity contribution in [1.29, 1.82) is 0 Å². The maximum Gasteiger partial charge on any atom is 0.193 e. The molecule has 0 bridgehead atoms. The van der Waals surface area contributed by atoms with E-state index in [-0.39, 0.29) is 24.0 Å². The maximum absolute atomic E-state index is 9.27. The smallest absolute Gasteiger partial charge is 0.193 e. The first kappa shape index (κ1) is 23.5. The van der Waals surface area contributed by atoms with Gasteiger partial charge in [-0.3, -0.25) is 0 Å². The molecule has 1 fully saturated rings. The van der Waals surface area contributed by atoms with Crippen LogP contribution in [0.2, 0.25) is 0 Å². The van der Waals surface area contributed by atoms with Crippen molar-refractivity contribution in [3.05, 3.63) is 59.7 Å². The molecule has 0 radical (unpaired) electrons. The second kappa shape index (κ2) is 11.4. The lowest BCUT2D eigenvalue weighted by molar-refractivity contribution is 0.203. The molecular formula is C23H33IN4O. The fourth-order valence-corrected chi connectivity index (χ4v) is 3.53. The van der Waals surface area contributed by atoms with Crippen LogP contribution in [0.15, 0.2) is 53.5 Å². The van der Waals surface area contributed by atoms with Crippen molar-refractivity contribution < 1.29 is 5.11 Å². The van der Waals surface area contributed by atoms with Gasteiger partial charge in [-0.15, -0.1) is 24.0 Å². The first-order valence-corrected chi connectivity index (χ1v) is 10.2. The number of nitrogens with one attached hydrogen (secondary N) is 1. The van der Waals surface area contributed by atoms with Gasteiger partial charge in [0.2, 0.25) is 0 Å². The molecule has 6 heteroatoms. The average molecular weight is 508 g/mol. The Morgan fingerprint density at radius 1 is 1.17 bits per heavy atom. The zero-order chi connectivity index (χ0) is 19.9. The van der Waals surface area contributed by atoms with E-state index >= 15 is 0 Å². The van der Waals surface area contributed by atoms with Crippen LogP contribution >= 0.6 is 24.0 Å². The van der Waals surface area contributed by atoms with Gasteiger partial charge in [-0.25, -0.2) is 4.99 Å². The summed E-state index contributed by atoms with van der Waals surface area (Å²) in [6, 6.07) is 16.8. The molecule has 0 saturated carbocycles. The molecule has 29 heavy (non-hydrogen) atoms. The van der Waals surface area contributed by atoms with Gasteiger partial charge >= 0.3 is 0 Å². The van der Waals surface area contributed by atoms with E-state index < -0.39 is 0 Å². The third-order valence-corrected chi connectivity index (χ3v) is 5.43. The molecule has 5 nitrogen and oxygen atoms in total. The summed E-state index contributed by atoms with van der Waals surface area (Å²) in [6.45, 7) is 7.23. The van der Waals surface area contributed by atoms with Crippen molar-refractivity contribution in [3.8, 4) is 0 Å². The van der Waals surface area contributed by atoms with Crippen LogP contribution in [0.5, 0.6) is 0 Å². The Balaban J connectivity index is 0.00000300. The van der Waals surface area contributed by atoms with Crippen molar-refractivity contribution in [2.45, 2.75) is 39.2 Å². The molecular weight excluding hydrogens is 475 g/mol. The summed E-state index contributed by atoms with van der Waals surface area (Å²) in [4.78, 5) is 6.86. The van der Waals surface area contributed by atoms with Crippen molar-refractivity contribution in [1.82, 2.24) is 0 Å². The Hall–Kier alpha value is -1.80. The molecule has 1 heterocycles. The van der Waals surface area contributed by atoms with Gasteiger partial charge in [0.25, 0.3) is 0 Å². The van der Waals surface area contributed by atoms with Gasteiger partial charge < -0.3 is 21.1 Å². The van der Waals surface area contributed by atoms with E-state index in [0.717, 1.165) is 37.2 Å². The molecule has 1 aliphatic heterocycles. The number of hydrogen-bond donors (Lipinski definition) is 3. The zero-order valence-corrected chi connectivity index (χ0v) is 19.7. The third kappa shape index (κ3) is 6.89. The summed E-state index contributed by atoms with van der Waals surface area (Å²) in [7, 11) is 0. The topological polar surface area (TPSA) is 73.9 Å². The average Bonchev–Trinajstić information content (AvgIpc) is 2.73. The fourth-order valence-electron chi connectivity index (χ4n) is 3.53. The van der Waals surface area contributed by atoms with E-state index in [1.807, 2.05) is 12.1 Å². The first-order valence-electron chi connectivity index (χ1n) is 10.2. The normalized spacial score (nSPS) is 15.3. The minimum atomic E-state index is 0. The molecule has 158 valence electrons. The summed E-state index contributed by atoms with van der Waals surface area (Å²) in [6.07, 6.45) is 2.12. The number of piperidine rings is 1. The summed E-state index contributed by atoms with van der Waals surface area (Å²) < 4.78 is 0. The van der Waals surface area contributed by atoms with Crippen LogP contribution in [0.1, 0.15) is 43.7 Å². The second-order valence-corrected chi connectivity index (χ2v) is 7.89. The van der Waals surface area contributed by atoms with E-state index in [9.17, 15) is 5.11 Å². The Bertz CT molecular complexity index is 784. The number of halogens is 1. The largest absolute Gasteiger partial charge is 0.396 e. The number of aliphatic hydroxyl groups excluding tert-OH is 1. The van der Waals surface area contributed by atoms with Gasteiger partial charge in [-0.1, -0.05) is 38.1 Å². The Kier molecular flexibility index (Phi) is 9.23. The van der Waals surface area contributed by atoms with Gasteiger partial charge in [0.1, 0.15) is 0 Å². The van der Waals surface area contributed by atoms with Crippen LogP contribution < -0.4 is 16.0 Å². The summed E-state index contributed by atoms with van der Waals surface area (Å²) in [5, 5.41) is 12.5. The molecule has 0 aliphatic carbocycles. The van der Waals surface area contributed by atoms with Gasteiger partial charge in [0.05, 0.1) is 6.54 Å². The lowest BCUT2D eigenvalue weighted by Gasteiger charge is -2.32. The number of rotatable bonds is 6. The number of guanidine groups is 1. The number of benzene rings is 2. The first-order chi connectivity index (χ1) is 13.5. The lowest BCUT2D eigenvalue weighted by Crippen LogP contribution is -2.34. The second-order valence-electron chi connectivity index (χ2n) is 7.89. The fraction of sp³-hybridized carbons (Fsp3) is 0.435. The Labute approximate surface area is 191 Å². The van der Waals surface area contributed by atoms with Crippen molar-refractivity contribution >= 4 is 41.3 Å². The molecule has 2 aromatic rings. The SMILES string of the molecule is CC(C)c1cccc(NC(N)=NCc2ccc(N3CCC(CO)CC3)cc2)c1.I. The van der Waals surface area contributed by atoms with Crippen molar-refractivity contribution in [2.75, 3.05) is 29.9 Å². The van der Waals surface area contributed by atoms with E-state index in [2.05, 4.69) is 65.5 Å². The Morgan fingerprint density at radius 2 is 1.86 bits per heavy atom. The molecule has 4 N–H and O–H groups in total. The van der Waals surface area contributed by atoms with Crippen molar-refractivity contribution in [2.24, 2.45) is 16.6 Å². The van der Waals surface area contributed by atoms with Crippen LogP contribution in [0.4, 0.5) is 11.4 Å². The molecule has 0 amide bonds. The number of hydrogen-bond acceptors (Lipinski definition) is 3. The lowest BCUT2D eigenvalue weighted by atomic mass is 9.97. The predicted octanol–water partition coefficient (Wildman–Crippen LogP) is 4.56. The number of aliphatic imine (C=N–C) groups is 1. The molecule has 0 aromatic heterocycles. The minimum absolute atomic E-state index is 0. The molecule has 1 saturated heterocycles. The monoisotopic (exact) mass is 508 g/mol. The van der Waals surface area contributed by atoms with Crippen LogP contribution in [0.25, 0.3) is 0 Å². The van der Waals surface area contributed by atoms with Crippen molar-refractivity contribution in [3.63, 3.8) is 0 Å². The quantitative estimate of drug-likeness (QED) is 0.304. The van der Waals surface area contributed by atoms with E-state index in [0.29, 0.717) is 30.9 Å². The van der Waals surface area contributed by atoms with Gasteiger partial charge in [-0.05, 0) is 60.1 Å². The molecule has 3 rings (SSSR count). The van der Waals surface area contributed by atoms with Crippen LogP contribution in [0, 0.1) is 5.92 Å². The number of nitrogens with zero attached hydrogens (tertiary/aromatic N) is 2. The highest BCUT2D eigenvalue weighted by Gasteiger charge is 2.18. The molecule has 0 atom stereocenters. The summed E-state index contributed by atoms with van der Waals surface area (Å²) >= 11 is 0. The predicted molar refractivity (Wildman–Crippen MR) is 133 cm³/mol. The van der Waals surface area contributed by atoms with Gasteiger partial charge in [-0.2, -0.15) is 0 Å². The maximum atomic E-state index is 9.27. The summed E-state index contributed by atoms with van der Waals surface area (Å²) in [5.41, 5.74) is 10.7. The van der Waals surface area contributed by atoms with Crippen LogP contribution in [0.3, 0.4) is 0 Å². The third-order valence-electron chi connectivity index (χ3n) is 5.43. The molecule has 1 aliphatic rings. The number of aliphatic hydroxyl groups is 1. The molecule has 0 spiro atoms. The van der Waals surface area contributed by atoms with Crippen LogP contribution in [-0.4, -0.2) is 30.8 Å². The standard InChI is InChI=1S/C23H32N4O.HI/c1-17(2)20-4-3-5-21(14-20)26-23(24)25-15-18-6-8-22(9-7-18)27-12-10-19(16-28)11-13-27;/h3-9,14,17,19,28H,10-13,15-16H2,1-2H3,(H3,24,25,26);1H. The highest BCUT2D eigenvalue weighted by atomic mass is 127. The van der Waals surface area contributed by atoms with Crippen LogP contribution in [-0.2, 0) is 6.54 Å². The minimum Gasteiger partial charge on any atom is -0.396 e. The molecule has 2 aromatic carbocycles. The van der Waals surface area contributed by atoms with Gasteiger partial charge in [0.15, 0.2) is 5.96 Å². The highest BCUT2D eigenvalue weighted by molar-refractivity contribution is 14.0. The zero-order valence-electron chi connectivity index (χ0n) is 17.3.